The normalized spacial score (nSPS) is 19.4. The molecule has 222 valence electrons. The number of amides is 2. The van der Waals surface area contributed by atoms with E-state index in [1.165, 1.54) is 12.3 Å². The summed E-state index contributed by atoms with van der Waals surface area (Å²) in [6.45, 7) is 7.62. The Morgan fingerprint density at radius 2 is 1.90 bits per heavy atom. The van der Waals surface area contributed by atoms with Gasteiger partial charge in [0.05, 0.1) is 36.8 Å². The number of hydrogen-bond acceptors (Lipinski definition) is 7. The zero-order valence-electron chi connectivity index (χ0n) is 23.3. The van der Waals surface area contributed by atoms with Crippen molar-refractivity contribution in [3.8, 4) is 5.75 Å². The smallest absolute Gasteiger partial charge is 0.267 e. The number of fused-ring (bicyclic) bond motifs is 1. The lowest BCUT2D eigenvalue weighted by atomic mass is 9.99. The predicted molar refractivity (Wildman–Crippen MR) is 156 cm³/mol. The highest BCUT2D eigenvalue weighted by molar-refractivity contribution is 7.59. The molecule has 0 aliphatic carbocycles. The fraction of sp³-hybridized carbons (Fsp3) is 0.571. The van der Waals surface area contributed by atoms with E-state index in [0.29, 0.717) is 23.3 Å². The first kappa shape index (κ1) is 31.7. The molecule has 1 aromatic heterocycles. The third-order valence-corrected chi connectivity index (χ3v) is 7.33. The minimum absolute atomic E-state index is 0. The summed E-state index contributed by atoms with van der Waals surface area (Å²) in [6, 6.07) is 5.65. The summed E-state index contributed by atoms with van der Waals surface area (Å²) in [7, 11) is 2.13. The van der Waals surface area contributed by atoms with Gasteiger partial charge < -0.3 is 24.8 Å². The molecule has 2 saturated heterocycles. The van der Waals surface area contributed by atoms with Crippen LogP contribution in [0.4, 0.5) is 8.78 Å². The van der Waals surface area contributed by atoms with E-state index in [1.54, 1.807) is 32.0 Å². The molecule has 1 aromatic carbocycles. The van der Waals surface area contributed by atoms with Crippen LogP contribution in [-0.4, -0.2) is 109 Å². The van der Waals surface area contributed by atoms with Gasteiger partial charge in [-0.15, -0.1) is 0 Å². The quantitative estimate of drug-likeness (QED) is 0.431. The van der Waals surface area contributed by atoms with E-state index in [2.05, 4.69) is 27.1 Å². The Labute approximate surface area is 242 Å². The van der Waals surface area contributed by atoms with Gasteiger partial charge in [0.2, 0.25) is 5.91 Å². The molecule has 0 radical (unpaired) electrons. The van der Waals surface area contributed by atoms with Gasteiger partial charge in [-0.1, -0.05) is 13.8 Å². The number of rotatable bonds is 10. The first-order chi connectivity index (χ1) is 18.5. The SMILES string of the molecule is CC(C)C(=O)C1CC(F)(F)CN1C(=O)CNC(=O)c1ccnc2ccc(OCCCN3CCN(C)CC3)cc12.S.[HH]. The van der Waals surface area contributed by atoms with Crippen molar-refractivity contribution in [3.63, 3.8) is 0 Å². The number of nitrogens with zero attached hydrogens (tertiary/aromatic N) is 4. The molecule has 12 heteroatoms. The summed E-state index contributed by atoms with van der Waals surface area (Å²) in [5.74, 6) is -4.70. The fourth-order valence-electron chi connectivity index (χ4n) is 5.03. The molecule has 1 unspecified atom stereocenters. The van der Waals surface area contributed by atoms with Crippen LogP contribution in [0.15, 0.2) is 30.5 Å². The number of halogens is 2. The minimum atomic E-state index is -3.14. The number of carbonyl (C=O) groups is 3. The van der Waals surface area contributed by atoms with Crippen LogP contribution >= 0.6 is 13.5 Å². The molecule has 9 nitrogen and oxygen atoms in total. The molecule has 1 N–H and O–H groups in total. The first-order valence-corrected chi connectivity index (χ1v) is 13.5. The molecular formula is C28H41F2N5O4S. The number of pyridine rings is 1. The Kier molecular flexibility index (Phi) is 10.8. The lowest BCUT2D eigenvalue weighted by Crippen LogP contribution is -2.46. The number of likely N-dealkylation sites (N-methyl/N-ethyl adjacent to an activating group) is 1. The summed E-state index contributed by atoms with van der Waals surface area (Å²) in [5.41, 5.74) is 0.873. The van der Waals surface area contributed by atoms with Crippen LogP contribution < -0.4 is 10.1 Å². The second-order valence-corrected chi connectivity index (χ2v) is 10.7. The van der Waals surface area contributed by atoms with Crippen LogP contribution in [0.5, 0.6) is 5.75 Å². The lowest BCUT2D eigenvalue weighted by molar-refractivity contribution is -0.138. The minimum Gasteiger partial charge on any atom is -0.494 e. The number of benzene rings is 1. The zero-order valence-corrected chi connectivity index (χ0v) is 24.3. The first-order valence-electron chi connectivity index (χ1n) is 13.5. The number of ether oxygens (including phenoxy) is 1. The Morgan fingerprint density at radius 1 is 1.18 bits per heavy atom. The van der Waals surface area contributed by atoms with Crippen molar-refractivity contribution in [3.05, 3.63) is 36.0 Å². The van der Waals surface area contributed by atoms with Crippen molar-refractivity contribution in [2.24, 2.45) is 5.92 Å². The number of alkyl halides is 2. The van der Waals surface area contributed by atoms with Crippen LogP contribution in [0.3, 0.4) is 0 Å². The molecule has 1 atom stereocenters. The van der Waals surface area contributed by atoms with Gasteiger partial charge in [-0.05, 0) is 37.7 Å². The predicted octanol–water partition coefficient (Wildman–Crippen LogP) is 2.80. The standard InChI is InChI=1S/C28H37F2N5O4.H2S.H2/c1-19(2)26(37)24-16-28(29,30)18-35(24)25(36)17-32-27(38)21-7-8-31-23-6-5-20(15-22(21)23)39-14-4-9-34-12-10-33(3)11-13-34;;/h5-8,15,19,24H,4,9-14,16-18H2,1-3H3,(H,32,38);1H2;1H. The van der Waals surface area contributed by atoms with Crippen LogP contribution in [0.2, 0.25) is 0 Å². The lowest BCUT2D eigenvalue weighted by Gasteiger charge is -2.32. The van der Waals surface area contributed by atoms with Gasteiger partial charge in [-0.2, -0.15) is 13.5 Å². The summed E-state index contributed by atoms with van der Waals surface area (Å²) in [5, 5.41) is 3.09. The third-order valence-electron chi connectivity index (χ3n) is 7.33. The topological polar surface area (TPSA) is 95.1 Å². The van der Waals surface area contributed by atoms with E-state index < -0.39 is 55.0 Å². The third kappa shape index (κ3) is 7.88. The van der Waals surface area contributed by atoms with Crippen molar-refractivity contribution in [1.82, 2.24) is 25.0 Å². The molecule has 2 aliphatic heterocycles. The van der Waals surface area contributed by atoms with Crippen molar-refractivity contribution < 1.29 is 29.3 Å². The van der Waals surface area contributed by atoms with Crippen LogP contribution in [0.1, 0.15) is 38.5 Å². The number of piperazine rings is 1. The monoisotopic (exact) mass is 581 g/mol. The van der Waals surface area contributed by atoms with Crippen molar-refractivity contribution in [2.75, 3.05) is 59.5 Å². The average molecular weight is 582 g/mol. The Hall–Kier alpha value is -2.83. The fourth-order valence-corrected chi connectivity index (χ4v) is 5.03. The number of nitrogens with one attached hydrogen (secondary N) is 1. The van der Waals surface area contributed by atoms with E-state index >= 15 is 0 Å². The van der Waals surface area contributed by atoms with E-state index in [-0.39, 0.29) is 20.5 Å². The van der Waals surface area contributed by atoms with Gasteiger partial charge in [0.15, 0.2) is 5.78 Å². The maximum absolute atomic E-state index is 14.1. The largest absolute Gasteiger partial charge is 0.494 e. The molecule has 0 saturated carbocycles. The van der Waals surface area contributed by atoms with E-state index in [1.807, 2.05) is 0 Å². The van der Waals surface area contributed by atoms with Crippen LogP contribution in [-0.2, 0) is 9.59 Å². The number of Topliss-reactive ketones (excluding diaryl/α,β-unsaturated/α-hetero) is 1. The van der Waals surface area contributed by atoms with Gasteiger partial charge in [0, 0.05) is 58.1 Å². The molecule has 2 amide bonds. The van der Waals surface area contributed by atoms with Gasteiger partial charge in [-0.25, -0.2) is 8.78 Å². The molecule has 40 heavy (non-hydrogen) atoms. The Balaban J connectivity index is 0.00000294. The van der Waals surface area contributed by atoms with E-state index in [9.17, 15) is 23.2 Å². The van der Waals surface area contributed by atoms with Crippen molar-refractivity contribution in [1.29, 1.82) is 0 Å². The number of hydrogen-bond donors (Lipinski definition) is 1. The molecule has 0 spiro atoms. The second kappa shape index (κ2) is 13.7. The number of aromatic nitrogens is 1. The van der Waals surface area contributed by atoms with E-state index in [0.717, 1.165) is 44.0 Å². The summed E-state index contributed by atoms with van der Waals surface area (Å²) >= 11 is 0. The van der Waals surface area contributed by atoms with Gasteiger partial charge in [0.25, 0.3) is 11.8 Å². The van der Waals surface area contributed by atoms with Crippen LogP contribution in [0, 0.1) is 5.92 Å². The summed E-state index contributed by atoms with van der Waals surface area (Å²) in [6.07, 6.45) is 1.67. The van der Waals surface area contributed by atoms with Gasteiger partial charge in [0.1, 0.15) is 5.75 Å². The molecule has 3 heterocycles. The average Bonchev–Trinajstić information content (AvgIpc) is 3.24. The van der Waals surface area contributed by atoms with Crippen LogP contribution in [0.25, 0.3) is 10.9 Å². The van der Waals surface area contributed by atoms with Gasteiger partial charge >= 0.3 is 0 Å². The maximum Gasteiger partial charge on any atom is 0.267 e. The maximum atomic E-state index is 14.1. The number of ketones is 1. The highest BCUT2D eigenvalue weighted by Crippen LogP contribution is 2.33. The second-order valence-electron chi connectivity index (χ2n) is 10.7. The van der Waals surface area contributed by atoms with Gasteiger partial charge in [-0.3, -0.25) is 19.4 Å². The molecule has 4 rings (SSSR count). The summed E-state index contributed by atoms with van der Waals surface area (Å²) in [4.78, 5) is 48.2. The number of carbonyl (C=O) groups excluding carboxylic acids is 3. The highest BCUT2D eigenvalue weighted by Gasteiger charge is 2.49. The van der Waals surface area contributed by atoms with E-state index in [4.69, 9.17) is 4.74 Å². The molecule has 2 aliphatic rings. The Morgan fingerprint density at radius 3 is 2.60 bits per heavy atom. The molecular weight excluding hydrogens is 540 g/mol. The number of likely N-dealkylation sites (tertiary alicyclic amines) is 1. The molecule has 2 aromatic rings. The van der Waals surface area contributed by atoms with Crippen molar-refractivity contribution in [2.45, 2.75) is 38.7 Å². The molecule has 2 fully saturated rings. The Bertz CT molecular complexity index is 1210. The van der Waals surface area contributed by atoms with Crippen molar-refractivity contribution >= 4 is 42.0 Å². The highest BCUT2D eigenvalue weighted by atomic mass is 32.1. The zero-order chi connectivity index (χ0) is 28.2. The summed E-state index contributed by atoms with van der Waals surface area (Å²) < 4.78 is 34.1. The molecule has 0 bridgehead atoms.